The van der Waals surface area contributed by atoms with Crippen LogP contribution in [0.5, 0.6) is 0 Å². The van der Waals surface area contributed by atoms with Crippen LogP contribution in [0, 0.1) is 0 Å². The molecule has 0 spiro atoms. The van der Waals surface area contributed by atoms with Crippen molar-refractivity contribution < 1.29 is 9.90 Å². The quantitative estimate of drug-likeness (QED) is 0.887. The second-order valence-corrected chi connectivity index (χ2v) is 7.35. The van der Waals surface area contributed by atoms with Crippen molar-refractivity contribution in [1.82, 2.24) is 0 Å². The molecule has 1 atom stereocenters. The minimum atomic E-state index is -0.535. The summed E-state index contributed by atoms with van der Waals surface area (Å²) in [5.41, 5.74) is 1.20. The highest BCUT2D eigenvalue weighted by Crippen LogP contribution is 2.26. The molecule has 0 unspecified atom stereocenters. The van der Waals surface area contributed by atoms with Crippen LogP contribution in [0.1, 0.15) is 39.2 Å². The van der Waals surface area contributed by atoms with E-state index in [1.54, 1.807) is 0 Å². The maximum atomic E-state index is 11.7. The Morgan fingerprint density at radius 2 is 1.89 bits per heavy atom. The summed E-state index contributed by atoms with van der Waals surface area (Å²) in [6.07, 6.45) is 1.16. The average Bonchev–Trinajstić information content (AvgIpc) is 2.25. The zero-order chi connectivity index (χ0) is 13.6. The van der Waals surface area contributed by atoms with Gasteiger partial charge in [0.25, 0.3) is 0 Å². The van der Waals surface area contributed by atoms with Gasteiger partial charge in [-0.1, -0.05) is 62.9 Å². The van der Waals surface area contributed by atoms with Crippen LogP contribution in [0.2, 0.25) is 0 Å². The fourth-order valence-electron chi connectivity index (χ4n) is 1.66. The zero-order valence-electron chi connectivity index (χ0n) is 11.3. The number of hydrogen-bond acceptors (Lipinski definition) is 3. The van der Waals surface area contributed by atoms with E-state index in [1.165, 1.54) is 17.3 Å². The normalized spacial score (nSPS) is 13.3. The summed E-state index contributed by atoms with van der Waals surface area (Å²) in [6, 6.07) is 10.0. The number of aliphatic hydroxyl groups is 1. The monoisotopic (exact) mass is 266 g/mol. The highest BCUT2D eigenvalue weighted by Gasteiger charge is 2.19. The van der Waals surface area contributed by atoms with Gasteiger partial charge in [0.1, 0.15) is 0 Å². The molecular weight excluding hydrogens is 244 g/mol. The molecule has 1 aromatic rings. The summed E-state index contributed by atoms with van der Waals surface area (Å²) in [4.78, 5) is 11.7. The van der Waals surface area contributed by atoms with E-state index in [1.807, 2.05) is 51.1 Å². The van der Waals surface area contributed by atoms with E-state index < -0.39 is 6.10 Å². The molecule has 0 saturated carbocycles. The standard InChI is InChI=1S/C15H22O2S/c1-15(2,3)18-14(17)11-13(16)10-9-12-7-5-4-6-8-12/h4-8,13,16H,9-11H2,1-3H3/t13-/m1/s1. The number of hydrogen-bond donors (Lipinski definition) is 1. The smallest absolute Gasteiger partial charge is 0.192 e. The third kappa shape index (κ3) is 6.82. The lowest BCUT2D eigenvalue weighted by Gasteiger charge is -2.17. The number of aryl methyl sites for hydroxylation is 1. The Hall–Kier alpha value is -0.800. The van der Waals surface area contributed by atoms with Crippen molar-refractivity contribution in [3.63, 3.8) is 0 Å². The molecule has 0 heterocycles. The molecule has 0 saturated heterocycles. The molecule has 0 bridgehead atoms. The summed E-state index contributed by atoms with van der Waals surface area (Å²) in [5.74, 6) is 0. The predicted molar refractivity (Wildman–Crippen MR) is 77.7 cm³/mol. The summed E-state index contributed by atoms with van der Waals surface area (Å²) in [7, 11) is 0. The third-order valence-corrected chi connectivity index (χ3v) is 3.44. The Balaban J connectivity index is 2.29. The maximum Gasteiger partial charge on any atom is 0.192 e. The van der Waals surface area contributed by atoms with E-state index in [9.17, 15) is 9.90 Å². The Bertz CT molecular complexity index is 368. The lowest BCUT2D eigenvalue weighted by atomic mass is 10.1. The van der Waals surface area contributed by atoms with Gasteiger partial charge >= 0.3 is 0 Å². The second-order valence-electron chi connectivity index (χ2n) is 5.47. The van der Waals surface area contributed by atoms with E-state index in [0.29, 0.717) is 6.42 Å². The van der Waals surface area contributed by atoms with Crippen molar-refractivity contribution >= 4 is 16.9 Å². The van der Waals surface area contributed by atoms with Crippen molar-refractivity contribution in [2.75, 3.05) is 0 Å². The van der Waals surface area contributed by atoms with Gasteiger partial charge in [0.15, 0.2) is 5.12 Å². The molecule has 0 radical (unpaired) electrons. The second kappa shape index (κ2) is 6.95. The number of carbonyl (C=O) groups is 1. The van der Waals surface area contributed by atoms with Crippen LogP contribution in [0.25, 0.3) is 0 Å². The van der Waals surface area contributed by atoms with Crippen molar-refractivity contribution in [2.45, 2.75) is 50.9 Å². The first-order chi connectivity index (χ1) is 8.37. The van der Waals surface area contributed by atoms with Gasteiger partial charge in [-0.15, -0.1) is 0 Å². The molecule has 0 fully saturated rings. The van der Waals surface area contributed by atoms with Gasteiger partial charge in [-0.25, -0.2) is 0 Å². The van der Waals surface area contributed by atoms with Crippen molar-refractivity contribution in [3.05, 3.63) is 35.9 Å². The van der Waals surface area contributed by atoms with Crippen LogP contribution in [0.4, 0.5) is 0 Å². The van der Waals surface area contributed by atoms with Crippen LogP contribution in [0.15, 0.2) is 30.3 Å². The van der Waals surface area contributed by atoms with E-state index in [0.717, 1.165) is 6.42 Å². The summed E-state index contributed by atoms with van der Waals surface area (Å²) >= 11 is 1.31. The molecule has 2 nitrogen and oxygen atoms in total. The molecule has 0 aliphatic carbocycles. The van der Waals surface area contributed by atoms with Crippen LogP contribution in [-0.4, -0.2) is 21.1 Å². The molecule has 0 aromatic heterocycles. The number of benzene rings is 1. The fraction of sp³-hybridized carbons (Fsp3) is 0.533. The molecule has 1 aromatic carbocycles. The van der Waals surface area contributed by atoms with Gasteiger partial charge in [0.2, 0.25) is 0 Å². The molecule has 1 N–H and O–H groups in total. The topological polar surface area (TPSA) is 37.3 Å². The SMILES string of the molecule is CC(C)(C)SC(=O)C[C@H](O)CCc1ccccc1. The number of thioether (sulfide) groups is 1. The Labute approximate surface area is 114 Å². The molecule has 100 valence electrons. The van der Waals surface area contributed by atoms with Gasteiger partial charge in [0.05, 0.1) is 6.10 Å². The van der Waals surface area contributed by atoms with Crippen molar-refractivity contribution in [3.8, 4) is 0 Å². The zero-order valence-corrected chi connectivity index (χ0v) is 12.2. The number of carbonyl (C=O) groups excluding carboxylic acids is 1. The maximum absolute atomic E-state index is 11.7. The van der Waals surface area contributed by atoms with Crippen LogP contribution in [-0.2, 0) is 11.2 Å². The first-order valence-electron chi connectivity index (χ1n) is 6.30. The van der Waals surface area contributed by atoms with Gasteiger partial charge in [-0.2, -0.15) is 0 Å². The highest BCUT2D eigenvalue weighted by molar-refractivity contribution is 8.14. The lowest BCUT2D eigenvalue weighted by molar-refractivity contribution is -0.112. The fourth-order valence-corrected chi connectivity index (χ4v) is 2.61. The number of rotatable bonds is 5. The van der Waals surface area contributed by atoms with E-state index >= 15 is 0 Å². The van der Waals surface area contributed by atoms with Gasteiger partial charge in [-0.3, -0.25) is 4.79 Å². The van der Waals surface area contributed by atoms with Gasteiger partial charge in [0, 0.05) is 11.2 Å². The first-order valence-corrected chi connectivity index (χ1v) is 7.12. The lowest BCUT2D eigenvalue weighted by Crippen LogP contribution is -2.17. The van der Waals surface area contributed by atoms with Crippen LogP contribution < -0.4 is 0 Å². The Morgan fingerprint density at radius 3 is 2.44 bits per heavy atom. The highest BCUT2D eigenvalue weighted by atomic mass is 32.2. The van der Waals surface area contributed by atoms with E-state index in [2.05, 4.69) is 0 Å². The van der Waals surface area contributed by atoms with E-state index in [4.69, 9.17) is 0 Å². The number of aliphatic hydroxyl groups excluding tert-OH is 1. The Kier molecular flexibility index (Phi) is 5.89. The average molecular weight is 266 g/mol. The predicted octanol–water partition coefficient (Wildman–Crippen LogP) is 3.43. The van der Waals surface area contributed by atoms with Crippen LogP contribution in [0.3, 0.4) is 0 Å². The van der Waals surface area contributed by atoms with Crippen molar-refractivity contribution in [2.24, 2.45) is 0 Å². The molecule has 1 rings (SSSR count). The molecule has 0 aliphatic heterocycles. The third-order valence-electron chi connectivity index (χ3n) is 2.43. The molecule has 0 amide bonds. The van der Waals surface area contributed by atoms with Crippen molar-refractivity contribution in [1.29, 1.82) is 0 Å². The molecular formula is C15H22O2S. The molecule has 0 aliphatic rings. The minimum absolute atomic E-state index is 0.0723. The van der Waals surface area contributed by atoms with E-state index in [-0.39, 0.29) is 16.3 Å². The largest absolute Gasteiger partial charge is 0.393 e. The van der Waals surface area contributed by atoms with Gasteiger partial charge < -0.3 is 5.11 Å². The van der Waals surface area contributed by atoms with Gasteiger partial charge in [-0.05, 0) is 18.4 Å². The molecule has 3 heteroatoms. The van der Waals surface area contributed by atoms with Crippen LogP contribution >= 0.6 is 11.8 Å². The summed E-state index contributed by atoms with van der Waals surface area (Å²) < 4.78 is -0.0732. The molecule has 18 heavy (non-hydrogen) atoms. The Morgan fingerprint density at radius 1 is 1.28 bits per heavy atom. The summed E-state index contributed by atoms with van der Waals surface area (Å²) in [6.45, 7) is 6.02. The summed E-state index contributed by atoms with van der Waals surface area (Å²) in [5, 5.41) is 9.92. The first kappa shape index (κ1) is 15.3. The minimum Gasteiger partial charge on any atom is -0.393 e.